The second-order valence-electron chi connectivity index (χ2n) is 6.56. The van der Waals surface area contributed by atoms with E-state index >= 15 is 0 Å². The molecule has 5 rings (SSSR count). The molecule has 1 amide bonds. The van der Waals surface area contributed by atoms with Crippen molar-refractivity contribution in [1.82, 2.24) is 14.7 Å². The first-order valence-electron chi connectivity index (χ1n) is 8.27. The van der Waals surface area contributed by atoms with Crippen LogP contribution in [0.15, 0.2) is 46.7 Å². The number of rotatable bonds is 2. The number of fused-ring (bicyclic) bond motifs is 3. The van der Waals surface area contributed by atoms with Gasteiger partial charge in [-0.2, -0.15) is 0 Å². The summed E-state index contributed by atoms with van der Waals surface area (Å²) >= 11 is 1.42. The molecule has 0 radical (unpaired) electrons. The highest BCUT2D eigenvalue weighted by atomic mass is 32.1. The normalized spacial score (nSPS) is 22.2. The molecule has 3 aromatic rings. The Bertz CT molecular complexity index is 1050. The number of aromatic nitrogens is 2. The predicted octanol–water partition coefficient (Wildman–Crippen LogP) is 1.53. The highest BCUT2D eigenvalue weighted by molar-refractivity contribution is 7.15. The first-order valence-corrected chi connectivity index (χ1v) is 9.15. The van der Waals surface area contributed by atoms with Gasteiger partial charge < -0.3 is 10.2 Å². The van der Waals surface area contributed by atoms with Crippen LogP contribution >= 0.6 is 11.3 Å². The molecule has 0 saturated carbocycles. The van der Waals surface area contributed by atoms with Gasteiger partial charge in [-0.15, -0.1) is 11.3 Å². The molecule has 6 nitrogen and oxygen atoms in total. The van der Waals surface area contributed by atoms with Crippen LogP contribution in [0.2, 0.25) is 0 Å². The van der Waals surface area contributed by atoms with E-state index in [0.717, 1.165) is 24.2 Å². The zero-order chi connectivity index (χ0) is 17.0. The number of amides is 1. The summed E-state index contributed by atoms with van der Waals surface area (Å²) in [6, 6.07) is 9.48. The number of nitrogens with one attached hydrogen (secondary N) is 1. The average molecular weight is 352 g/mol. The van der Waals surface area contributed by atoms with E-state index in [1.807, 2.05) is 29.6 Å². The van der Waals surface area contributed by atoms with Crippen LogP contribution in [0.4, 0.5) is 5.69 Å². The molecule has 25 heavy (non-hydrogen) atoms. The molecule has 1 fully saturated rings. The lowest BCUT2D eigenvalue weighted by molar-refractivity contribution is -0.122. The fourth-order valence-electron chi connectivity index (χ4n) is 3.99. The summed E-state index contributed by atoms with van der Waals surface area (Å²) in [6.07, 6.45) is 2.52. The number of nitrogens with zero attached hydrogens (tertiary/aromatic N) is 3. The van der Waals surface area contributed by atoms with Crippen LogP contribution in [0.3, 0.4) is 0 Å². The van der Waals surface area contributed by atoms with Gasteiger partial charge in [0.2, 0.25) is 5.91 Å². The summed E-state index contributed by atoms with van der Waals surface area (Å²) in [4.78, 5) is 32.5. The Morgan fingerprint density at radius 1 is 1.28 bits per heavy atom. The van der Waals surface area contributed by atoms with Gasteiger partial charge in [0.25, 0.3) is 5.56 Å². The van der Waals surface area contributed by atoms with Crippen LogP contribution in [0, 0.1) is 0 Å². The van der Waals surface area contributed by atoms with Crippen molar-refractivity contribution in [1.29, 1.82) is 0 Å². The van der Waals surface area contributed by atoms with E-state index in [2.05, 4.69) is 10.3 Å². The van der Waals surface area contributed by atoms with Gasteiger partial charge >= 0.3 is 0 Å². The standard InChI is InChI=1S/C18H16N4O2S/c23-15-9-12(20-17-21(15)7-8-25-17)10-22-14-4-2-1-3-13(14)18(16(22)24)5-6-19-11-18/h1-4,7-9,19H,5-6,10-11H2. The molecule has 4 heterocycles. The highest BCUT2D eigenvalue weighted by Crippen LogP contribution is 2.45. The summed E-state index contributed by atoms with van der Waals surface area (Å²) < 4.78 is 1.52. The maximum absolute atomic E-state index is 13.3. The van der Waals surface area contributed by atoms with Gasteiger partial charge in [0.1, 0.15) is 0 Å². The third-order valence-electron chi connectivity index (χ3n) is 5.20. The number of benzene rings is 1. The molecular formula is C18H16N4O2S. The van der Waals surface area contributed by atoms with E-state index < -0.39 is 5.41 Å². The first-order chi connectivity index (χ1) is 12.2. The number of carbonyl (C=O) groups excluding carboxylic acids is 1. The van der Waals surface area contributed by atoms with Gasteiger partial charge in [-0.1, -0.05) is 18.2 Å². The van der Waals surface area contributed by atoms with Gasteiger partial charge in [-0.25, -0.2) is 4.98 Å². The molecule has 1 atom stereocenters. The minimum Gasteiger partial charge on any atom is -0.315 e. The number of thiazole rings is 1. The van der Waals surface area contributed by atoms with Gasteiger partial charge in [0, 0.05) is 29.9 Å². The Hall–Kier alpha value is -2.51. The molecule has 1 spiro atoms. The molecule has 1 N–H and O–H groups in total. The molecule has 0 aliphatic carbocycles. The summed E-state index contributed by atoms with van der Waals surface area (Å²) in [6.45, 7) is 1.83. The summed E-state index contributed by atoms with van der Waals surface area (Å²) in [5.74, 6) is 0.104. The highest BCUT2D eigenvalue weighted by Gasteiger charge is 2.52. The molecule has 7 heteroatoms. The molecule has 2 aliphatic heterocycles. The molecule has 2 aromatic heterocycles. The number of hydrogen-bond donors (Lipinski definition) is 1. The monoisotopic (exact) mass is 352 g/mol. The predicted molar refractivity (Wildman–Crippen MR) is 96.1 cm³/mol. The number of anilines is 1. The topological polar surface area (TPSA) is 66.7 Å². The van der Waals surface area contributed by atoms with E-state index in [1.165, 1.54) is 21.8 Å². The van der Waals surface area contributed by atoms with Crippen molar-refractivity contribution in [2.45, 2.75) is 18.4 Å². The second-order valence-corrected chi connectivity index (χ2v) is 7.43. The van der Waals surface area contributed by atoms with E-state index in [-0.39, 0.29) is 11.5 Å². The quantitative estimate of drug-likeness (QED) is 0.760. The molecule has 2 aliphatic rings. The van der Waals surface area contributed by atoms with E-state index in [0.29, 0.717) is 23.7 Å². The molecule has 1 aromatic carbocycles. The lowest BCUT2D eigenvalue weighted by atomic mass is 9.81. The van der Waals surface area contributed by atoms with Gasteiger partial charge in [-0.05, 0) is 24.6 Å². The molecule has 1 unspecified atom stereocenters. The van der Waals surface area contributed by atoms with Crippen molar-refractivity contribution in [2.75, 3.05) is 18.0 Å². The van der Waals surface area contributed by atoms with Crippen LogP contribution in [-0.2, 0) is 16.8 Å². The van der Waals surface area contributed by atoms with Crippen LogP contribution in [0.5, 0.6) is 0 Å². The summed E-state index contributed by atoms with van der Waals surface area (Å²) in [5, 5.41) is 5.16. The minimum absolute atomic E-state index is 0.104. The fourth-order valence-corrected chi connectivity index (χ4v) is 4.73. The van der Waals surface area contributed by atoms with Crippen LogP contribution in [0.1, 0.15) is 17.7 Å². The van der Waals surface area contributed by atoms with Crippen LogP contribution in [0.25, 0.3) is 4.96 Å². The third kappa shape index (κ3) is 2.03. The minimum atomic E-state index is -0.474. The first kappa shape index (κ1) is 14.8. The second kappa shape index (κ2) is 5.24. The fraction of sp³-hybridized carbons (Fsp3) is 0.278. The summed E-state index contributed by atoms with van der Waals surface area (Å²) in [5.41, 5.74) is 2.05. The Balaban J connectivity index is 1.59. The largest absolute Gasteiger partial charge is 0.315 e. The van der Waals surface area contributed by atoms with Crippen molar-refractivity contribution in [3.63, 3.8) is 0 Å². The lowest BCUT2D eigenvalue weighted by Gasteiger charge is -2.22. The molecular weight excluding hydrogens is 336 g/mol. The van der Waals surface area contributed by atoms with Crippen molar-refractivity contribution in [2.24, 2.45) is 0 Å². The maximum Gasteiger partial charge on any atom is 0.258 e. The van der Waals surface area contributed by atoms with E-state index in [9.17, 15) is 9.59 Å². The number of carbonyl (C=O) groups is 1. The van der Waals surface area contributed by atoms with Crippen LogP contribution in [-0.4, -0.2) is 28.4 Å². The summed E-state index contributed by atoms with van der Waals surface area (Å²) in [7, 11) is 0. The van der Waals surface area contributed by atoms with Crippen molar-refractivity contribution >= 4 is 27.9 Å². The van der Waals surface area contributed by atoms with Gasteiger partial charge in [0.05, 0.1) is 17.7 Å². The van der Waals surface area contributed by atoms with E-state index in [1.54, 1.807) is 11.1 Å². The maximum atomic E-state index is 13.3. The Morgan fingerprint density at radius 2 is 2.16 bits per heavy atom. The third-order valence-corrected chi connectivity index (χ3v) is 5.95. The average Bonchev–Trinajstić information content (AvgIpc) is 3.33. The van der Waals surface area contributed by atoms with Gasteiger partial charge in [-0.3, -0.25) is 14.0 Å². The van der Waals surface area contributed by atoms with Gasteiger partial charge in [0.15, 0.2) is 4.96 Å². The number of para-hydroxylation sites is 1. The lowest BCUT2D eigenvalue weighted by Crippen LogP contribution is -2.41. The molecule has 126 valence electrons. The van der Waals surface area contributed by atoms with E-state index in [4.69, 9.17) is 0 Å². The van der Waals surface area contributed by atoms with Crippen molar-refractivity contribution in [3.05, 3.63) is 63.5 Å². The Kier molecular flexibility index (Phi) is 3.10. The zero-order valence-electron chi connectivity index (χ0n) is 13.4. The SMILES string of the molecule is O=C1N(Cc2cc(=O)n3ccsc3n2)c2ccccc2C12CCNC2. The van der Waals surface area contributed by atoms with Crippen LogP contribution < -0.4 is 15.8 Å². The molecule has 1 saturated heterocycles. The molecule has 0 bridgehead atoms. The Labute approximate surface area is 147 Å². The van der Waals surface area contributed by atoms with Crippen molar-refractivity contribution in [3.8, 4) is 0 Å². The number of hydrogen-bond acceptors (Lipinski definition) is 5. The zero-order valence-corrected chi connectivity index (χ0v) is 14.3. The smallest absolute Gasteiger partial charge is 0.258 e. The Morgan fingerprint density at radius 3 is 3.00 bits per heavy atom. The van der Waals surface area contributed by atoms with Crippen molar-refractivity contribution < 1.29 is 4.79 Å².